The molecule has 3 atom stereocenters. The largest absolute Gasteiger partial charge is 0.486 e. The van der Waals surface area contributed by atoms with Gasteiger partial charge in [-0.25, -0.2) is 24.3 Å². The van der Waals surface area contributed by atoms with Gasteiger partial charge in [-0.2, -0.15) is 0 Å². The van der Waals surface area contributed by atoms with E-state index >= 15 is 0 Å². The van der Waals surface area contributed by atoms with Crippen LogP contribution in [-0.4, -0.2) is 42.3 Å². The number of nitrogens with zero attached hydrogens (tertiary/aromatic N) is 6. The van der Waals surface area contributed by atoms with Crippen LogP contribution in [0.5, 0.6) is 5.75 Å². The van der Waals surface area contributed by atoms with Crippen LogP contribution in [0.3, 0.4) is 0 Å². The molecular formula is C22H24FN7O2. The van der Waals surface area contributed by atoms with Crippen molar-refractivity contribution in [3.63, 3.8) is 0 Å². The Balaban J connectivity index is 1.49. The molecule has 6 rings (SSSR count). The van der Waals surface area contributed by atoms with Crippen molar-refractivity contribution < 1.29 is 13.9 Å². The van der Waals surface area contributed by atoms with Crippen molar-refractivity contribution in [3.05, 3.63) is 35.9 Å². The number of nitrogens with two attached hydrogens (primary N) is 1. The number of halogens is 1. The molecule has 5 heterocycles. The molecule has 1 unspecified atom stereocenters. The number of anilines is 1. The topological polar surface area (TPSA) is 106 Å². The monoisotopic (exact) mass is 437 g/mol. The molecule has 0 bridgehead atoms. The molecule has 1 saturated heterocycles. The highest BCUT2D eigenvalue weighted by molar-refractivity contribution is 5.84. The van der Waals surface area contributed by atoms with Crippen LogP contribution in [-0.2, 0) is 4.74 Å². The molecule has 9 nitrogen and oxygen atoms in total. The molecule has 2 aliphatic heterocycles. The Labute approximate surface area is 183 Å². The highest BCUT2D eigenvalue weighted by atomic mass is 19.1. The molecule has 0 radical (unpaired) electrons. The second-order valence-corrected chi connectivity index (χ2v) is 8.58. The van der Waals surface area contributed by atoms with Gasteiger partial charge in [0.15, 0.2) is 23.0 Å². The first-order valence-electron chi connectivity index (χ1n) is 11.0. The standard InChI is InChI=1S/C22H24FN7O2/c1-11-9-32-18-13(23)6-7-14-17(18)30(11)21(26-14)12(2)20-27-19(24)16-22(28-20)29(10-25-16)15-5-3-4-8-31-15/h6-7,10-12,15H,3-5,8-9H2,1-2H3,(H2,24,27,28)/t11-,12?,15+/m1/s1. The average Bonchev–Trinajstić information content (AvgIpc) is 3.41. The minimum atomic E-state index is -0.386. The van der Waals surface area contributed by atoms with E-state index < -0.39 is 0 Å². The lowest BCUT2D eigenvalue weighted by Crippen LogP contribution is -2.23. The SMILES string of the molecule is CC(c1nc(N)c2ncn([C@@H]3CCCCO3)c2n1)c1nc2ccc(F)c3c2n1[C@H](C)CO3. The van der Waals surface area contributed by atoms with Crippen LogP contribution < -0.4 is 10.5 Å². The van der Waals surface area contributed by atoms with Gasteiger partial charge >= 0.3 is 0 Å². The van der Waals surface area contributed by atoms with Crippen LogP contribution >= 0.6 is 0 Å². The Morgan fingerprint density at radius 3 is 2.91 bits per heavy atom. The summed E-state index contributed by atoms with van der Waals surface area (Å²) in [4.78, 5) is 18.6. The third-order valence-corrected chi connectivity index (χ3v) is 6.40. The maximum Gasteiger partial charge on any atom is 0.180 e. The number of ether oxygens (including phenoxy) is 2. The zero-order valence-corrected chi connectivity index (χ0v) is 18.0. The number of nitrogen functional groups attached to an aromatic ring is 1. The maximum absolute atomic E-state index is 14.4. The van der Waals surface area contributed by atoms with E-state index in [9.17, 15) is 4.39 Å². The molecule has 0 spiro atoms. The third-order valence-electron chi connectivity index (χ3n) is 6.40. The van der Waals surface area contributed by atoms with Crippen LogP contribution in [0, 0.1) is 5.82 Å². The average molecular weight is 437 g/mol. The summed E-state index contributed by atoms with van der Waals surface area (Å²) in [6, 6.07) is 3.06. The fourth-order valence-corrected chi connectivity index (χ4v) is 4.74. The number of hydrogen-bond donors (Lipinski definition) is 1. The van der Waals surface area contributed by atoms with Gasteiger partial charge in [0.1, 0.15) is 35.5 Å². The van der Waals surface area contributed by atoms with Crippen LogP contribution in [0.15, 0.2) is 18.5 Å². The fraction of sp³-hybridized carbons (Fsp3) is 0.455. The van der Waals surface area contributed by atoms with E-state index in [-0.39, 0.29) is 29.8 Å². The molecule has 3 aromatic heterocycles. The first kappa shape index (κ1) is 19.4. The normalized spacial score (nSPS) is 21.7. The van der Waals surface area contributed by atoms with Gasteiger partial charge in [0.05, 0.1) is 23.8 Å². The molecule has 0 aliphatic carbocycles. The molecule has 0 amide bonds. The molecule has 32 heavy (non-hydrogen) atoms. The van der Waals surface area contributed by atoms with Crippen molar-refractivity contribution in [3.8, 4) is 5.75 Å². The Morgan fingerprint density at radius 2 is 2.09 bits per heavy atom. The van der Waals surface area contributed by atoms with Gasteiger partial charge in [-0.3, -0.25) is 4.57 Å². The summed E-state index contributed by atoms with van der Waals surface area (Å²) in [7, 11) is 0. The summed E-state index contributed by atoms with van der Waals surface area (Å²) < 4.78 is 30.0. The molecule has 0 saturated carbocycles. The van der Waals surface area contributed by atoms with Crippen molar-refractivity contribution in [2.75, 3.05) is 18.9 Å². The third kappa shape index (κ3) is 2.78. The zero-order chi connectivity index (χ0) is 22.0. The summed E-state index contributed by atoms with van der Waals surface area (Å²) in [5.74, 6) is 1.20. The highest BCUT2D eigenvalue weighted by Crippen LogP contribution is 2.39. The number of hydrogen-bond acceptors (Lipinski definition) is 7. The predicted molar refractivity (Wildman–Crippen MR) is 116 cm³/mol. The number of aromatic nitrogens is 6. The van der Waals surface area contributed by atoms with Gasteiger partial charge in [0, 0.05) is 6.61 Å². The molecule has 166 valence electrons. The van der Waals surface area contributed by atoms with E-state index in [1.165, 1.54) is 6.07 Å². The Hall–Kier alpha value is -3.27. The maximum atomic E-state index is 14.4. The fourth-order valence-electron chi connectivity index (χ4n) is 4.74. The summed E-state index contributed by atoms with van der Waals surface area (Å²) >= 11 is 0. The Morgan fingerprint density at radius 1 is 1.22 bits per heavy atom. The molecule has 2 aliphatic rings. The van der Waals surface area contributed by atoms with Crippen molar-refractivity contribution in [1.29, 1.82) is 0 Å². The minimum Gasteiger partial charge on any atom is -0.486 e. The van der Waals surface area contributed by atoms with E-state index in [4.69, 9.17) is 25.2 Å². The van der Waals surface area contributed by atoms with Gasteiger partial charge in [-0.05, 0) is 45.2 Å². The Bertz CT molecular complexity index is 1340. The first-order chi connectivity index (χ1) is 15.5. The first-order valence-corrected chi connectivity index (χ1v) is 11.0. The lowest BCUT2D eigenvalue weighted by atomic mass is 10.1. The van der Waals surface area contributed by atoms with E-state index in [1.54, 1.807) is 12.4 Å². The summed E-state index contributed by atoms with van der Waals surface area (Å²) in [6.45, 7) is 5.10. The molecule has 1 fully saturated rings. The minimum absolute atomic E-state index is 0.00556. The number of rotatable bonds is 3. The lowest BCUT2D eigenvalue weighted by Gasteiger charge is -2.26. The predicted octanol–water partition coefficient (Wildman–Crippen LogP) is 3.70. The van der Waals surface area contributed by atoms with E-state index in [0.717, 1.165) is 31.7 Å². The number of benzene rings is 1. The van der Waals surface area contributed by atoms with Gasteiger partial charge in [0.2, 0.25) is 0 Å². The van der Waals surface area contributed by atoms with Crippen LogP contribution in [0.1, 0.15) is 62.9 Å². The zero-order valence-electron chi connectivity index (χ0n) is 18.0. The quantitative estimate of drug-likeness (QED) is 0.521. The smallest absolute Gasteiger partial charge is 0.180 e. The Kier molecular flexibility index (Phi) is 4.32. The van der Waals surface area contributed by atoms with Crippen LogP contribution in [0.25, 0.3) is 22.2 Å². The van der Waals surface area contributed by atoms with Crippen molar-refractivity contribution in [2.45, 2.75) is 51.3 Å². The van der Waals surface area contributed by atoms with Gasteiger partial charge < -0.3 is 19.8 Å². The van der Waals surface area contributed by atoms with Crippen molar-refractivity contribution in [2.24, 2.45) is 0 Å². The second-order valence-electron chi connectivity index (χ2n) is 8.58. The molecule has 10 heteroatoms. The lowest BCUT2D eigenvalue weighted by molar-refractivity contribution is -0.0298. The van der Waals surface area contributed by atoms with Crippen molar-refractivity contribution >= 4 is 28.0 Å². The van der Waals surface area contributed by atoms with Gasteiger partial charge in [-0.1, -0.05) is 0 Å². The molecule has 2 N–H and O–H groups in total. The van der Waals surface area contributed by atoms with Gasteiger partial charge in [0.25, 0.3) is 0 Å². The van der Waals surface area contributed by atoms with E-state index in [0.29, 0.717) is 40.4 Å². The molecule has 1 aromatic carbocycles. The molecular weight excluding hydrogens is 413 g/mol. The number of imidazole rings is 2. The van der Waals surface area contributed by atoms with Crippen LogP contribution in [0.4, 0.5) is 10.2 Å². The molecule has 4 aromatic rings. The second kappa shape index (κ2) is 7.13. The number of fused-ring (bicyclic) bond motifs is 1. The van der Waals surface area contributed by atoms with Crippen LogP contribution in [0.2, 0.25) is 0 Å². The van der Waals surface area contributed by atoms with Crippen molar-refractivity contribution in [1.82, 2.24) is 29.1 Å². The summed E-state index contributed by atoms with van der Waals surface area (Å²) in [5, 5.41) is 0. The summed E-state index contributed by atoms with van der Waals surface area (Å²) in [5.41, 5.74) is 8.85. The van der Waals surface area contributed by atoms with Gasteiger partial charge in [-0.15, -0.1) is 0 Å². The van der Waals surface area contributed by atoms with E-state index in [1.807, 2.05) is 23.0 Å². The summed E-state index contributed by atoms with van der Waals surface area (Å²) in [6.07, 6.45) is 4.67. The highest BCUT2D eigenvalue weighted by Gasteiger charge is 2.31. The van der Waals surface area contributed by atoms with E-state index in [2.05, 4.69) is 9.97 Å².